The van der Waals surface area contributed by atoms with Gasteiger partial charge in [-0.15, -0.1) is 0 Å². The predicted octanol–water partition coefficient (Wildman–Crippen LogP) is 3.82. The van der Waals surface area contributed by atoms with Crippen molar-refractivity contribution in [3.63, 3.8) is 0 Å². The lowest BCUT2D eigenvalue weighted by Gasteiger charge is -2.17. The summed E-state index contributed by atoms with van der Waals surface area (Å²) in [5, 5.41) is 2.69. The van der Waals surface area contributed by atoms with Gasteiger partial charge in [-0.2, -0.15) is 0 Å². The molecule has 1 amide bonds. The summed E-state index contributed by atoms with van der Waals surface area (Å²) in [4.78, 5) is 11.4. The zero-order valence-corrected chi connectivity index (χ0v) is 14.8. The Balaban J connectivity index is 3.19. The molecule has 0 saturated heterocycles. The molecule has 0 radical (unpaired) electrons. The van der Waals surface area contributed by atoms with E-state index in [4.69, 9.17) is 10.7 Å². The summed E-state index contributed by atoms with van der Waals surface area (Å²) >= 11 is 3.05. The van der Waals surface area contributed by atoms with Crippen molar-refractivity contribution in [2.75, 3.05) is 0 Å². The maximum atomic E-state index is 14.2. The van der Waals surface area contributed by atoms with Crippen LogP contribution in [0.3, 0.4) is 0 Å². The molecule has 21 heavy (non-hydrogen) atoms. The van der Waals surface area contributed by atoms with Crippen LogP contribution in [0.2, 0.25) is 0 Å². The fourth-order valence-electron chi connectivity index (χ4n) is 1.90. The molecule has 1 N–H and O–H groups in total. The first-order chi connectivity index (χ1) is 9.70. The monoisotopic (exact) mass is 399 g/mol. The standard InChI is InChI=1S/C13H16BrClFNO3S/c1-3-5-9(4-2)17-13(18)10-6-8(14)7-11(12(10)16)21(15,19)20/h6-7,9H,3-5H2,1-2H3,(H,17,18). The Bertz CT molecular complexity index is 637. The molecule has 1 aromatic carbocycles. The quantitative estimate of drug-likeness (QED) is 0.738. The van der Waals surface area contributed by atoms with E-state index in [1.807, 2.05) is 13.8 Å². The number of halogens is 3. The van der Waals surface area contributed by atoms with Crippen LogP contribution in [0, 0.1) is 5.82 Å². The number of hydrogen-bond acceptors (Lipinski definition) is 3. The van der Waals surface area contributed by atoms with Crippen molar-refractivity contribution < 1.29 is 17.6 Å². The first kappa shape index (κ1) is 18.4. The minimum Gasteiger partial charge on any atom is -0.349 e. The minimum atomic E-state index is -4.27. The molecular formula is C13H16BrClFNO3S. The van der Waals surface area contributed by atoms with E-state index < -0.39 is 25.7 Å². The van der Waals surface area contributed by atoms with Crippen molar-refractivity contribution in [1.82, 2.24) is 5.32 Å². The van der Waals surface area contributed by atoms with Gasteiger partial charge in [0.15, 0.2) is 5.82 Å². The Morgan fingerprint density at radius 1 is 1.43 bits per heavy atom. The van der Waals surface area contributed by atoms with E-state index in [0.29, 0.717) is 6.42 Å². The van der Waals surface area contributed by atoms with Crippen molar-refractivity contribution in [2.24, 2.45) is 0 Å². The first-order valence-electron chi connectivity index (χ1n) is 6.45. The van der Waals surface area contributed by atoms with Gasteiger partial charge in [-0.05, 0) is 25.0 Å². The van der Waals surface area contributed by atoms with Gasteiger partial charge >= 0.3 is 0 Å². The summed E-state index contributed by atoms with van der Waals surface area (Å²) in [5.41, 5.74) is -0.349. The van der Waals surface area contributed by atoms with E-state index in [1.165, 1.54) is 6.07 Å². The predicted molar refractivity (Wildman–Crippen MR) is 83.6 cm³/mol. The third-order valence-corrected chi connectivity index (χ3v) is 4.76. The normalized spacial score (nSPS) is 13.0. The molecule has 0 saturated carbocycles. The van der Waals surface area contributed by atoms with E-state index in [-0.39, 0.29) is 16.1 Å². The lowest BCUT2D eigenvalue weighted by molar-refractivity contribution is 0.0929. The molecule has 0 aliphatic carbocycles. The molecule has 0 fully saturated rings. The number of nitrogens with one attached hydrogen (secondary N) is 1. The lowest BCUT2D eigenvalue weighted by atomic mass is 10.1. The van der Waals surface area contributed by atoms with Crippen molar-refractivity contribution >= 4 is 41.6 Å². The van der Waals surface area contributed by atoms with Gasteiger partial charge in [0.05, 0.1) is 5.56 Å². The molecule has 1 atom stereocenters. The highest BCUT2D eigenvalue weighted by Crippen LogP contribution is 2.26. The molecule has 118 valence electrons. The van der Waals surface area contributed by atoms with Gasteiger partial charge in [0.1, 0.15) is 4.90 Å². The zero-order chi connectivity index (χ0) is 16.2. The van der Waals surface area contributed by atoms with Crippen LogP contribution in [0.25, 0.3) is 0 Å². The second-order valence-electron chi connectivity index (χ2n) is 4.57. The molecule has 0 heterocycles. The molecule has 1 unspecified atom stereocenters. The molecule has 4 nitrogen and oxygen atoms in total. The van der Waals surface area contributed by atoms with Crippen LogP contribution in [0.1, 0.15) is 43.5 Å². The van der Waals surface area contributed by atoms with E-state index >= 15 is 0 Å². The van der Waals surface area contributed by atoms with Crippen LogP contribution in [-0.4, -0.2) is 20.4 Å². The van der Waals surface area contributed by atoms with Crippen LogP contribution in [0.5, 0.6) is 0 Å². The zero-order valence-electron chi connectivity index (χ0n) is 11.6. The van der Waals surface area contributed by atoms with Crippen LogP contribution >= 0.6 is 26.6 Å². The number of carbonyl (C=O) groups excluding carboxylic acids is 1. The smallest absolute Gasteiger partial charge is 0.264 e. The third-order valence-electron chi connectivity index (χ3n) is 2.98. The SMILES string of the molecule is CCCC(CC)NC(=O)c1cc(Br)cc(S(=O)(=O)Cl)c1F. The van der Waals surface area contributed by atoms with Crippen molar-refractivity contribution in [3.05, 3.63) is 28.0 Å². The average molecular weight is 401 g/mol. The Labute approximate surface area is 136 Å². The number of rotatable bonds is 6. The van der Waals surface area contributed by atoms with Crippen LogP contribution in [0.15, 0.2) is 21.5 Å². The lowest BCUT2D eigenvalue weighted by Crippen LogP contribution is -2.35. The Morgan fingerprint density at radius 2 is 2.05 bits per heavy atom. The summed E-state index contributed by atoms with van der Waals surface area (Å²) in [7, 11) is 0.906. The summed E-state index contributed by atoms with van der Waals surface area (Å²) in [5.74, 6) is -1.80. The summed E-state index contributed by atoms with van der Waals surface area (Å²) in [6, 6.07) is 2.17. The van der Waals surface area contributed by atoms with Gasteiger partial charge in [0.25, 0.3) is 15.0 Å². The maximum Gasteiger partial charge on any atom is 0.264 e. The molecule has 0 aliphatic heterocycles. The highest BCUT2D eigenvalue weighted by atomic mass is 79.9. The number of benzene rings is 1. The van der Waals surface area contributed by atoms with E-state index in [0.717, 1.165) is 18.9 Å². The van der Waals surface area contributed by atoms with Gasteiger partial charge in [-0.25, -0.2) is 12.8 Å². The fourth-order valence-corrected chi connectivity index (χ4v) is 3.43. The molecule has 0 spiro atoms. The highest BCUT2D eigenvalue weighted by Gasteiger charge is 2.24. The second-order valence-corrected chi connectivity index (χ2v) is 8.02. The van der Waals surface area contributed by atoms with Crippen LogP contribution < -0.4 is 5.32 Å². The Morgan fingerprint density at radius 3 is 2.52 bits per heavy atom. The second kappa shape index (κ2) is 7.56. The summed E-state index contributed by atoms with van der Waals surface area (Å²) in [6.45, 7) is 3.89. The topological polar surface area (TPSA) is 63.2 Å². The van der Waals surface area contributed by atoms with Gasteiger partial charge in [-0.1, -0.05) is 36.2 Å². The highest BCUT2D eigenvalue weighted by molar-refractivity contribution is 9.10. The molecule has 1 aromatic rings. The maximum absolute atomic E-state index is 14.2. The average Bonchev–Trinajstić information content (AvgIpc) is 2.39. The molecule has 1 rings (SSSR count). The fraction of sp³-hybridized carbons (Fsp3) is 0.462. The van der Waals surface area contributed by atoms with Gasteiger partial charge in [0.2, 0.25) is 0 Å². The third kappa shape index (κ3) is 4.93. The molecule has 0 aliphatic rings. The molecule has 0 aromatic heterocycles. The number of amides is 1. The van der Waals surface area contributed by atoms with E-state index in [9.17, 15) is 17.6 Å². The van der Waals surface area contributed by atoms with Crippen molar-refractivity contribution in [2.45, 2.75) is 44.0 Å². The molecule has 0 bridgehead atoms. The largest absolute Gasteiger partial charge is 0.349 e. The van der Waals surface area contributed by atoms with Gasteiger partial charge in [0, 0.05) is 21.2 Å². The van der Waals surface area contributed by atoms with Crippen LogP contribution in [0.4, 0.5) is 4.39 Å². The van der Waals surface area contributed by atoms with E-state index in [2.05, 4.69) is 21.2 Å². The molecule has 8 heteroatoms. The summed E-state index contributed by atoms with van der Waals surface area (Å²) < 4.78 is 37.1. The summed E-state index contributed by atoms with van der Waals surface area (Å²) in [6.07, 6.45) is 2.34. The number of hydrogen-bond donors (Lipinski definition) is 1. The van der Waals surface area contributed by atoms with Crippen LogP contribution in [-0.2, 0) is 9.05 Å². The Hall–Kier alpha value is -0.660. The first-order valence-corrected chi connectivity index (χ1v) is 9.55. The van der Waals surface area contributed by atoms with Gasteiger partial charge < -0.3 is 5.32 Å². The Kier molecular flexibility index (Phi) is 6.62. The van der Waals surface area contributed by atoms with E-state index in [1.54, 1.807) is 0 Å². The van der Waals surface area contributed by atoms with Crippen molar-refractivity contribution in [1.29, 1.82) is 0 Å². The molecular weight excluding hydrogens is 385 g/mol. The number of carbonyl (C=O) groups is 1. The minimum absolute atomic E-state index is 0.0862. The van der Waals surface area contributed by atoms with Crippen molar-refractivity contribution in [3.8, 4) is 0 Å². The van der Waals surface area contributed by atoms with Gasteiger partial charge in [-0.3, -0.25) is 4.79 Å².